The number of aryl methyl sites for hydroxylation is 1. The molecule has 1 aliphatic carbocycles. The van der Waals surface area contributed by atoms with E-state index >= 15 is 0 Å². The van der Waals surface area contributed by atoms with Gasteiger partial charge in [-0.05, 0) is 31.2 Å². The summed E-state index contributed by atoms with van der Waals surface area (Å²) in [6.45, 7) is 1.83. The smallest absolute Gasteiger partial charge is 0.287 e. The van der Waals surface area contributed by atoms with E-state index in [9.17, 15) is 9.59 Å². The molecule has 0 unspecified atom stereocenters. The van der Waals surface area contributed by atoms with Gasteiger partial charge in [0.25, 0.3) is 5.56 Å². The molecule has 1 atom stereocenters. The molecule has 0 aliphatic heterocycles. The standard InChI is InChI=1S/C17H17Cl2N3O2/c1-10-2-4-11(5-3-10)16(12-6-7-12)21-14(23)9-22-17(24)15(19)13(18)8-20-22/h2-5,8,12,16H,6-7,9H2,1H3,(H,21,23)/t16-/m1/s1. The predicted molar refractivity (Wildman–Crippen MR) is 93.3 cm³/mol. The van der Waals surface area contributed by atoms with E-state index in [4.69, 9.17) is 23.2 Å². The highest BCUT2D eigenvalue weighted by molar-refractivity contribution is 6.41. The van der Waals surface area contributed by atoms with Crippen LogP contribution in [0.2, 0.25) is 10.0 Å². The van der Waals surface area contributed by atoms with Crippen molar-refractivity contribution < 1.29 is 4.79 Å². The second kappa shape index (κ2) is 6.95. The Labute approximate surface area is 149 Å². The average molecular weight is 366 g/mol. The van der Waals surface area contributed by atoms with Gasteiger partial charge in [0.05, 0.1) is 17.3 Å². The van der Waals surface area contributed by atoms with E-state index in [0.717, 1.165) is 23.1 Å². The van der Waals surface area contributed by atoms with Gasteiger partial charge in [0.2, 0.25) is 5.91 Å². The van der Waals surface area contributed by atoms with E-state index in [0.29, 0.717) is 5.92 Å². The predicted octanol–water partition coefficient (Wildman–Crippen LogP) is 3.13. The Hall–Kier alpha value is -1.85. The SMILES string of the molecule is Cc1ccc([C@@H](NC(=O)Cn2ncc(Cl)c(Cl)c2=O)C2CC2)cc1. The van der Waals surface area contributed by atoms with E-state index in [2.05, 4.69) is 10.4 Å². The number of nitrogens with one attached hydrogen (secondary N) is 1. The summed E-state index contributed by atoms with van der Waals surface area (Å²) >= 11 is 11.5. The molecule has 0 saturated heterocycles. The zero-order valence-corrected chi connectivity index (χ0v) is 14.6. The molecule has 1 saturated carbocycles. The summed E-state index contributed by atoms with van der Waals surface area (Å²) in [5.41, 5.74) is 1.68. The van der Waals surface area contributed by atoms with Crippen LogP contribution in [0.1, 0.15) is 30.0 Å². The van der Waals surface area contributed by atoms with Crippen LogP contribution in [0.15, 0.2) is 35.3 Å². The van der Waals surface area contributed by atoms with Crippen molar-refractivity contribution in [3.05, 3.63) is 62.0 Å². The molecular formula is C17H17Cl2N3O2. The van der Waals surface area contributed by atoms with Crippen molar-refractivity contribution in [3.8, 4) is 0 Å². The van der Waals surface area contributed by atoms with E-state index in [1.165, 1.54) is 11.8 Å². The quantitative estimate of drug-likeness (QED) is 0.884. The Morgan fingerprint density at radius 3 is 2.62 bits per heavy atom. The largest absolute Gasteiger partial charge is 0.347 e. The van der Waals surface area contributed by atoms with Crippen LogP contribution in [0.25, 0.3) is 0 Å². The molecule has 1 aromatic heterocycles. The number of amides is 1. The number of halogens is 2. The number of aromatic nitrogens is 2. The van der Waals surface area contributed by atoms with Crippen LogP contribution in [0, 0.1) is 12.8 Å². The Bertz CT molecular complexity index is 814. The summed E-state index contributed by atoms with van der Waals surface area (Å²) in [7, 11) is 0. The molecule has 0 spiro atoms. The fourth-order valence-corrected chi connectivity index (χ4v) is 2.86. The summed E-state index contributed by atoms with van der Waals surface area (Å²) in [6, 6.07) is 8.07. The molecule has 1 heterocycles. The third kappa shape index (κ3) is 3.79. The molecule has 1 fully saturated rings. The minimum Gasteiger partial charge on any atom is -0.347 e. The van der Waals surface area contributed by atoms with Crippen LogP contribution in [-0.4, -0.2) is 15.7 Å². The van der Waals surface area contributed by atoms with E-state index in [1.54, 1.807) is 0 Å². The first kappa shape index (κ1) is 17.0. The van der Waals surface area contributed by atoms with Gasteiger partial charge in [0, 0.05) is 0 Å². The second-order valence-corrected chi connectivity index (χ2v) is 6.85. The monoisotopic (exact) mass is 365 g/mol. The maximum Gasteiger partial charge on any atom is 0.287 e. The molecular weight excluding hydrogens is 349 g/mol. The highest BCUT2D eigenvalue weighted by Crippen LogP contribution is 2.41. The Morgan fingerprint density at radius 1 is 1.33 bits per heavy atom. The lowest BCUT2D eigenvalue weighted by molar-refractivity contribution is -0.122. The maximum atomic E-state index is 12.4. The number of carbonyl (C=O) groups excluding carboxylic acids is 1. The fourth-order valence-electron chi connectivity index (χ4n) is 2.59. The van der Waals surface area contributed by atoms with E-state index < -0.39 is 5.56 Å². The summed E-state index contributed by atoms with van der Waals surface area (Å²) in [4.78, 5) is 24.3. The molecule has 0 bridgehead atoms. The molecule has 1 amide bonds. The van der Waals surface area contributed by atoms with E-state index in [1.807, 2.05) is 31.2 Å². The number of benzene rings is 1. The van der Waals surface area contributed by atoms with Crippen LogP contribution >= 0.6 is 23.2 Å². The summed E-state index contributed by atoms with van der Waals surface area (Å²) in [6.07, 6.45) is 3.44. The van der Waals surface area contributed by atoms with Gasteiger partial charge in [-0.25, -0.2) is 4.68 Å². The van der Waals surface area contributed by atoms with Crippen molar-refractivity contribution in [3.63, 3.8) is 0 Å². The van der Waals surface area contributed by atoms with Gasteiger partial charge in [0.1, 0.15) is 11.6 Å². The van der Waals surface area contributed by atoms with Gasteiger partial charge >= 0.3 is 0 Å². The minimum atomic E-state index is -0.572. The summed E-state index contributed by atoms with van der Waals surface area (Å²) in [5.74, 6) is 0.163. The van der Waals surface area contributed by atoms with Crippen LogP contribution < -0.4 is 10.9 Å². The topological polar surface area (TPSA) is 64.0 Å². The molecule has 1 N–H and O–H groups in total. The van der Waals surface area contributed by atoms with Gasteiger partial charge in [0.15, 0.2) is 0 Å². The molecule has 7 heteroatoms. The number of rotatable bonds is 5. The Balaban J connectivity index is 1.74. The second-order valence-electron chi connectivity index (χ2n) is 6.06. The van der Waals surface area contributed by atoms with Crippen molar-refractivity contribution in [2.24, 2.45) is 5.92 Å². The van der Waals surface area contributed by atoms with Crippen molar-refractivity contribution in [2.75, 3.05) is 0 Å². The lowest BCUT2D eigenvalue weighted by Crippen LogP contribution is -2.36. The third-order valence-corrected chi connectivity index (χ3v) is 4.83. The lowest BCUT2D eigenvalue weighted by Gasteiger charge is -2.19. The lowest BCUT2D eigenvalue weighted by atomic mass is 10.0. The highest BCUT2D eigenvalue weighted by Gasteiger charge is 2.33. The summed E-state index contributed by atoms with van der Waals surface area (Å²) < 4.78 is 1.02. The minimum absolute atomic E-state index is 0.0448. The highest BCUT2D eigenvalue weighted by atomic mass is 35.5. The first-order valence-electron chi connectivity index (χ1n) is 7.73. The molecule has 2 aromatic rings. The van der Waals surface area contributed by atoms with Crippen LogP contribution in [0.3, 0.4) is 0 Å². The number of hydrogen-bond acceptors (Lipinski definition) is 3. The molecule has 24 heavy (non-hydrogen) atoms. The zero-order valence-electron chi connectivity index (χ0n) is 13.1. The molecule has 1 aromatic carbocycles. The maximum absolute atomic E-state index is 12.4. The van der Waals surface area contributed by atoms with Crippen molar-refractivity contribution >= 4 is 29.1 Å². The molecule has 5 nitrogen and oxygen atoms in total. The van der Waals surface area contributed by atoms with Crippen molar-refractivity contribution in [1.29, 1.82) is 0 Å². The van der Waals surface area contributed by atoms with Gasteiger partial charge in [-0.3, -0.25) is 9.59 Å². The van der Waals surface area contributed by atoms with Gasteiger partial charge in [-0.15, -0.1) is 0 Å². The first-order valence-corrected chi connectivity index (χ1v) is 8.48. The van der Waals surface area contributed by atoms with E-state index in [-0.39, 0.29) is 28.5 Å². The molecule has 1 aliphatic rings. The number of nitrogens with zero attached hydrogens (tertiary/aromatic N) is 2. The zero-order chi connectivity index (χ0) is 17.3. The average Bonchev–Trinajstić information content (AvgIpc) is 3.39. The van der Waals surface area contributed by atoms with Crippen LogP contribution in [-0.2, 0) is 11.3 Å². The summed E-state index contributed by atoms with van der Waals surface area (Å²) in [5, 5.41) is 6.82. The van der Waals surface area contributed by atoms with Crippen molar-refractivity contribution in [1.82, 2.24) is 15.1 Å². The normalized spacial score (nSPS) is 15.1. The Kier molecular flexibility index (Phi) is 4.92. The molecule has 126 valence electrons. The van der Waals surface area contributed by atoms with Crippen LogP contribution in [0.4, 0.5) is 0 Å². The molecule has 0 radical (unpaired) electrons. The van der Waals surface area contributed by atoms with Gasteiger partial charge < -0.3 is 5.32 Å². The van der Waals surface area contributed by atoms with Crippen molar-refractivity contribution in [2.45, 2.75) is 32.4 Å². The van der Waals surface area contributed by atoms with Crippen LogP contribution in [0.5, 0.6) is 0 Å². The number of hydrogen-bond donors (Lipinski definition) is 1. The van der Waals surface area contributed by atoms with Gasteiger partial charge in [-0.2, -0.15) is 5.10 Å². The fraction of sp³-hybridized carbons (Fsp3) is 0.353. The first-order chi connectivity index (χ1) is 11.5. The Morgan fingerprint density at radius 2 is 2.00 bits per heavy atom. The van der Waals surface area contributed by atoms with Gasteiger partial charge in [-0.1, -0.05) is 53.0 Å². The molecule has 3 rings (SSSR count). The number of carbonyl (C=O) groups is 1. The third-order valence-electron chi connectivity index (χ3n) is 4.08.